The van der Waals surface area contributed by atoms with Crippen molar-refractivity contribution in [1.29, 1.82) is 0 Å². The molecule has 1 aliphatic rings. The van der Waals surface area contributed by atoms with E-state index in [4.69, 9.17) is 10.8 Å². The first kappa shape index (κ1) is 14.9. The van der Waals surface area contributed by atoms with Crippen LogP contribution in [0.2, 0.25) is 0 Å². The zero-order chi connectivity index (χ0) is 12.7. The van der Waals surface area contributed by atoms with Crippen molar-refractivity contribution in [3.63, 3.8) is 0 Å². The average molecular weight is 242 g/mol. The maximum Gasteiger partial charge on any atom is 0.0431 e. The van der Waals surface area contributed by atoms with Crippen molar-refractivity contribution in [3.8, 4) is 0 Å². The smallest absolute Gasteiger partial charge is 0.0431 e. The quantitative estimate of drug-likeness (QED) is 0.684. The number of hydrogen-bond donors (Lipinski definition) is 2. The normalized spacial score (nSPS) is 25.1. The summed E-state index contributed by atoms with van der Waals surface area (Å²) in [5, 5.41) is 8.94. The van der Waals surface area contributed by atoms with Gasteiger partial charge in [-0.15, -0.1) is 0 Å². The Hall–Kier alpha value is -0.120. The molecule has 1 saturated heterocycles. The number of nitrogens with two attached hydrogens (primary N) is 1. The van der Waals surface area contributed by atoms with Crippen LogP contribution in [0.1, 0.15) is 52.4 Å². The van der Waals surface area contributed by atoms with E-state index in [1.165, 1.54) is 32.2 Å². The summed E-state index contributed by atoms with van der Waals surface area (Å²) < 4.78 is 0. The maximum atomic E-state index is 8.94. The second-order valence-electron chi connectivity index (χ2n) is 5.90. The molecule has 3 nitrogen and oxygen atoms in total. The van der Waals surface area contributed by atoms with Gasteiger partial charge in [0.25, 0.3) is 0 Å². The molecule has 3 N–H and O–H groups in total. The van der Waals surface area contributed by atoms with Crippen LogP contribution in [0.15, 0.2) is 0 Å². The molecule has 0 amide bonds. The van der Waals surface area contributed by atoms with Gasteiger partial charge < -0.3 is 10.8 Å². The van der Waals surface area contributed by atoms with Gasteiger partial charge in [0.2, 0.25) is 0 Å². The fraction of sp³-hybridized carbons (Fsp3) is 1.00. The minimum atomic E-state index is 0.274. The van der Waals surface area contributed by atoms with Gasteiger partial charge in [-0.2, -0.15) is 0 Å². The lowest BCUT2D eigenvalue weighted by molar-refractivity contribution is 0.137. The van der Waals surface area contributed by atoms with Gasteiger partial charge in [-0.1, -0.05) is 20.3 Å². The topological polar surface area (TPSA) is 49.5 Å². The predicted molar refractivity (Wildman–Crippen MR) is 73.0 cm³/mol. The number of likely N-dealkylation sites (tertiary alicyclic amines) is 1. The highest BCUT2D eigenvalue weighted by Gasteiger charge is 2.31. The molecular weight excluding hydrogens is 212 g/mol. The third-order valence-electron chi connectivity index (χ3n) is 4.13. The van der Waals surface area contributed by atoms with Gasteiger partial charge in [0.15, 0.2) is 0 Å². The second-order valence-corrected chi connectivity index (χ2v) is 5.90. The molecule has 2 atom stereocenters. The summed E-state index contributed by atoms with van der Waals surface area (Å²) in [6, 6.07) is 0.685. The van der Waals surface area contributed by atoms with Crippen LogP contribution in [0.4, 0.5) is 0 Å². The van der Waals surface area contributed by atoms with Crippen molar-refractivity contribution in [3.05, 3.63) is 0 Å². The van der Waals surface area contributed by atoms with Crippen LogP contribution in [0.3, 0.4) is 0 Å². The van der Waals surface area contributed by atoms with E-state index in [9.17, 15) is 0 Å². The highest BCUT2D eigenvalue weighted by molar-refractivity contribution is 4.86. The Morgan fingerprint density at radius 1 is 1.47 bits per heavy atom. The van der Waals surface area contributed by atoms with Crippen molar-refractivity contribution < 1.29 is 5.11 Å². The number of aliphatic hydroxyl groups is 1. The number of hydrogen-bond acceptors (Lipinski definition) is 3. The van der Waals surface area contributed by atoms with E-state index < -0.39 is 0 Å². The molecular formula is C14H30N2O. The Balaban J connectivity index is 2.47. The number of aliphatic hydroxyl groups excluding tert-OH is 1. The summed E-state index contributed by atoms with van der Waals surface area (Å²) in [5.41, 5.74) is 6.22. The molecule has 1 rings (SSSR count). The molecule has 0 radical (unpaired) electrons. The molecule has 1 fully saturated rings. The van der Waals surface area contributed by atoms with Crippen molar-refractivity contribution >= 4 is 0 Å². The molecule has 102 valence electrons. The third-order valence-corrected chi connectivity index (χ3v) is 4.13. The zero-order valence-electron chi connectivity index (χ0n) is 11.6. The summed E-state index contributed by atoms with van der Waals surface area (Å²) >= 11 is 0. The van der Waals surface area contributed by atoms with E-state index in [0.29, 0.717) is 12.6 Å². The summed E-state index contributed by atoms with van der Waals surface area (Å²) in [6.07, 6.45) is 7.11. The van der Waals surface area contributed by atoms with Gasteiger partial charge in [-0.25, -0.2) is 0 Å². The predicted octanol–water partition coefficient (Wildman–Crippen LogP) is 1.99. The van der Waals surface area contributed by atoms with Crippen LogP contribution >= 0.6 is 0 Å². The summed E-state index contributed by atoms with van der Waals surface area (Å²) in [7, 11) is 0. The van der Waals surface area contributed by atoms with Crippen LogP contribution in [-0.2, 0) is 0 Å². The summed E-state index contributed by atoms with van der Waals surface area (Å²) in [5.74, 6) is 0. The van der Waals surface area contributed by atoms with E-state index in [0.717, 1.165) is 25.9 Å². The molecule has 2 unspecified atom stereocenters. The lowest BCUT2D eigenvalue weighted by Gasteiger charge is -2.35. The van der Waals surface area contributed by atoms with E-state index >= 15 is 0 Å². The van der Waals surface area contributed by atoms with Gasteiger partial charge in [-0.05, 0) is 50.6 Å². The molecule has 0 aromatic carbocycles. The Morgan fingerprint density at radius 3 is 2.82 bits per heavy atom. The van der Waals surface area contributed by atoms with E-state index in [-0.39, 0.29) is 5.41 Å². The average Bonchev–Trinajstić information content (AvgIpc) is 2.74. The number of nitrogens with zero attached hydrogens (tertiary/aromatic N) is 1. The van der Waals surface area contributed by atoms with Crippen molar-refractivity contribution in [2.45, 2.75) is 58.4 Å². The molecule has 0 aromatic rings. The van der Waals surface area contributed by atoms with Gasteiger partial charge >= 0.3 is 0 Å². The molecule has 17 heavy (non-hydrogen) atoms. The van der Waals surface area contributed by atoms with Gasteiger partial charge in [0.05, 0.1) is 0 Å². The van der Waals surface area contributed by atoms with E-state index in [2.05, 4.69) is 18.7 Å². The van der Waals surface area contributed by atoms with Gasteiger partial charge in [0, 0.05) is 19.2 Å². The minimum absolute atomic E-state index is 0.274. The fourth-order valence-corrected chi connectivity index (χ4v) is 3.10. The lowest BCUT2D eigenvalue weighted by atomic mass is 9.85. The lowest BCUT2D eigenvalue weighted by Crippen LogP contribution is -2.42. The Morgan fingerprint density at radius 2 is 2.24 bits per heavy atom. The molecule has 3 heteroatoms. The van der Waals surface area contributed by atoms with Crippen LogP contribution in [-0.4, -0.2) is 42.3 Å². The maximum absolute atomic E-state index is 8.94. The molecule has 1 heterocycles. The molecule has 0 spiro atoms. The first-order valence-electron chi connectivity index (χ1n) is 7.20. The summed E-state index contributed by atoms with van der Waals surface area (Å²) in [6.45, 7) is 8.01. The monoisotopic (exact) mass is 242 g/mol. The van der Waals surface area contributed by atoms with Crippen LogP contribution < -0.4 is 5.73 Å². The SMILES string of the molecule is CCCC(C)(CN)CN1CCCC1CCCO. The Kier molecular flexibility index (Phi) is 6.45. The zero-order valence-corrected chi connectivity index (χ0v) is 11.6. The minimum Gasteiger partial charge on any atom is -0.396 e. The van der Waals surface area contributed by atoms with E-state index in [1.807, 2.05) is 0 Å². The molecule has 0 bridgehead atoms. The van der Waals surface area contributed by atoms with Crippen molar-refractivity contribution in [2.24, 2.45) is 11.1 Å². The molecule has 0 aliphatic carbocycles. The van der Waals surface area contributed by atoms with Gasteiger partial charge in [-0.3, -0.25) is 4.90 Å². The Bertz CT molecular complexity index is 210. The standard InChI is InChI=1S/C14H30N2O/c1-3-8-14(2,11-15)12-16-9-4-6-13(16)7-5-10-17/h13,17H,3-12,15H2,1-2H3. The fourth-order valence-electron chi connectivity index (χ4n) is 3.10. The highest BCUT2D eigenvalue weighted by atomic mass is 16.2. The number of rotatable bonds is 8. The highest BCUT2D eigenvalue weighted by Crippen LogP contribution is 2.29. The van der Waals surface area contributed by atoms with Crippen molar-refractivity contribution in [1.82, 2.24) is 4.90 Å². The second kappa shape index (κ2) is 7.34. The Labute approximate surface area is 106 Å². The molecule has 1 aliphatic heterocycles. The van der Waals surface area contributed by atoms with E-state index in [1.54, 1.807) is 0 Å². The molecule has 0 aromatic heterocycles. The first-order chi connectivity index (χ1) is 8.15. The third kappa shape index (κ3) is 4.57. The summed E-state index contributed by atoms with van der Waals surface area (Å²) in [4.78, 5) is 2.61. The largest absolute Gasteiger partial charge is 0.396 e. The van der Waals surface area contributed by atoms with Gasteiger partial charge in [0.1, 0.15) is 0 Å². The van der Waals surface area contributed by atoms with Crippen LogP contribution in [0, 0.1) is 5.41 Å². The van der Waals surface area contributed by atoms with Crippen LogP contribution in [0.5, 0.6) is 0 Å². The van der Waals surface area contributed by atoms with Crippen LogP contribution in [0.25, 0.3) is 0 Å². The first-order valence-corrected chi connectivity index (χ1v) is 7.20. The molecule has 0 saturated carbocycles. The van der Waals surface area contributed by atoms with Crippen molar-refractivity contribution in [2.75, 3.05) is 26.2 Å².